The lowest BCUT2D eigenvalue weighted by Crippen LogP contribution is -2.31. The van der Waals surface area contributed by atoms with E-state index in [9.17, 15) is 4.39 Å². The molecule has 1 heterocycles. The van der Waals surface area contributed by atoms with Gasteiger partial charge in [0.15, 0.2) is 5.82 Å². The number of hydrogen-bond acceptors (Lipinski definition) is 3. The first-order chi connectivity index (χ1) is 8.54. The highest BCUT2D eigenvalue weighted by Crippen LogP contribution is 2.31. The Morgan fingerprint density at radius 2 is 2.22 bits per heavy atom. The lowest BCUT2D eigenvalue weighted by molar-refractivity contribution is 0.315. The molecule has 1 aliphatic heterocycles. The van der Waals surface area contributed by atoms with Crippen LogP contribution in [0.5, 0.6) is 0 Å². The van der Waals surface area contributed by atoms with Crippen LogP contribution >= 0.6 is 15.9 Å². The van der Waals surface area contributed by atoms with Crippen molar-refractivity contribution in [3.8, 4) is 0 Å². The summed E-state index contributed by atoms with van der Waals surface area (Å²) in [6.45, 7) is 2.12. The molecule has 1 unspecified atom stereocenters. The first-order valence-corrected chi connectivity index (χ1v) is 6.92. The average molecular weight is 316 g/mol. The number of rotatable bonds is 3. The van der Waals surface area contributed by atoms with Gasteiger partial charge in [0.2, 0.25) is 0 Å². The van der Waals surface area contributed by atoms with E-state index in [4.69, 9.17) is 5.73 Å². The highest BCUT2D eigenvalue weighted by Gasteiger charge is 2.26. The zero-order valence-electron chi connectivity index (χ0n) is 10.8. The molecule has 100 valence electrons. The molecule has 1 aliphatic rings. The van der Waals surface area contributed by atoms with Crippen molar-refractivity contribution in [3.63, 3.8) is 0 Å². The minimum absolute atomic E-state index is 0.197. The Morgan fingerprint density at radius 3 is 2.78 bits per heavy atom. The molecule has 18 heavy (non-hydrogen) atoms. The largest absolute Gasteiger partial charge is 0.368 e. The average Bonchev–Trinajstić information content (AvgIpc) is 2.82. The maximum atomic E-state index is 14.3. The second-order valence-electron chi connectivity index (χ2n) is 4.93. The fourth-order valence-electron chi connectivity index (χ4n) is 2.36. The van der Waals surface area contributed by atoms with E-state index in [-0.39, 0.29) is 5.82 Å². The van der Waals surface area contributed by atoms with Crippen molar-refractivity contribution >= 4 is 21.6 Å². The van der Waals surface area contributed by atoms with E-state index >= 15 is 0 Å². The molecule has 0 spiro atoms. The van der Waals surface area contributed by atoms with Gasteiger partial charge in [-0.15, -0.1) is 0 Å². The van der Waals surface area contributed by atoms with E-state index < -0.39 is 0 Å². The molecule has 1 fully saturated rings. The quantitative estimate of drug-likeness (QED) is 0.928. The van der Waals surface area contributed by atoms with Crippen molar-refractivity contribution in [3.05, 3.63) is 28.0 Å². The molecule has 0 bridgehead atoms. The highest BCUT2D eigenvalue weighted by atomic mass is 79.9. The minimum atomic E-state index is -0.197. The van der Waals surface area contributed by atoms with E-state index in [1.54, 1.807) is 0 Å². The van der Waals surface area contributed by atoms with Crippen molar-refractivity contribution in [1.29, 1.82) is 0 Å². The molecular weight excluding hydrogens is 297 g/mol. The topological polar surface area (TPSA) is 32.5 Å². The Balaban J connectivity index is 2.23. The maximum Gasteiger partial charge on any atom is 0.160 e. The molecule has 0 saturated carbocycles. The molecule has 0 aliphatic carbocycles. The van der Waals surface area contributed by atoms with Gasteiger partial charge in [-0.05, 0) is 48.1 Å². The number of benzene rings is 1. The fraction of sp³-hybridized carbons (Fsp3) is 0.538. The Bertz CT molecular complexity index is 436. The van der Waals surface area contributed by atoms with E-state index in [2.05, 4.69) is 39.8 Å². The van der Waals surface area contributed by atoms with E-state index in [1.807, 2.05) is 12.1 Å². The van der Waals surface area contributed by atoms with Crippen LogP contribution in [0.3, 0.4) is 0 Å². The molecule has 1 saturated heterocycles. The lowest BCUT2D eigenvalue weighted by atomic mass is 10.2. The smallest absolute Gasteiger partial charge is 0.160 e. The van der Waals surface area contributed by atoms with Crippen LogP contribution in [0.1, 0.15) is 12.0 Å². The molecule has 0 radical (unpaired) electrons. The van der Waals surface area contributed by atoms with Crippen LogP contribution in [-0.4, -0.2) is 38.1 Å². The molecule has 5 heteroatoms. The first kappa shape index (κ1) is 13.8. The maximum absolute atomic E-state index is 14.3. The molecule has 1 aromatic carbocycles. The zero-order chi connectivity index (χ0) is 13.3. The molecule has 0 aromatic heterocycles. The van der Waals surface area contributed by atoms with Crippen LogP contribution in [-0.2, 0) is 6.54 Å². The standard InChI is InChI=1S/C13H19BrFN3/c1-17(2)10-5-6-18(8-10)11-4-3-9(7-16)12(14)13(11)15/h3-4,10H,5-8,16H2,1-2H3. The molecule has 3 nitrogen and oxygen atoms in total. The summed E-state index contributed by atoms with van der Waals surface area (Å²) in [5.41, 5.74) is 7.04. The van der Waals surface area contributed by atoms with Gasteiger partial charge < -0.3 is 15.5 Å². The summed E-state index contributed by atoms with van der Waals surface area (Å²) in [5, 5.41) is 0. The lowest BCUT2D eigenvalue weighted by Gasteiger charge is -2.23. The third-order valence-electron chi connectivity index (χ3n) is 3.60. The third kappa shape index (κ3) is 2.53. The van der Waals surface area contributed by atoms with Crippen LogP contribution in [0.25, 0.3) is 0 Å². The summed E-state index contributed by atoms with van der Waals surface area (Å²) in [4.78, 5) is 4.30. The van der Waals surface area contributed by atoms with Gasteiger partial charge in [-0.2, -0.15) is 0 Å². The number of anilines is 1. The number of nitrogens with zero attached hydrogens (tertiary/aromatic N) is 2. The van der Waals surface area contributed by atoms with Crippen LogP contribution in [0.15, 0.2) is 16.6 Å². The van der Waals surface area contributed by atoms with Crippen molar-refractivity contribution < 1.29 is 4.39 Å². The number of nitrogens with two attached hydrogens (primary N) is 1. The van der Waals surface area contributed by atoms with Gasteiger partial charge in [-0.1, -0.05) is 6.07 Å². The molecule has 2 N–H and O–H groups in total. The summed E-state index contributed by atoms with van der Waals surface area (Å²) in [7, 11) is 4.13. The van der Waals surface area contributed by atoms with Crippen molar-refractivity contribution in [2.24, 2.45) is 5.73 Å². The zero-order valence-corrected chi connectivity index (χ0v) is 12.4. The summed E-state index contributed by atoms with van der Waals surface area (Å²) in [6.07, 6.45) is 1.07. The van der Waals surface area contributed by atoms with Gasteiger partial charge >= 0.3 is 0 Å². The van der Waals surface area contributed by atoms with Crippen molar-refractivity contribution in [1.82, 2.24) is 4.90 Å². The van der Waals surface area contributed by atoms with Gasteiger partial charge in [0.25, 0.3) is 0 Å². The Hall–Kier alpha value is -0.650. The van der Waals surface area contributed by atoms with Gasteiger partial charge in [-0.25, -0.2) is 4.39 Å². The summed E-state index contributed by atoms with van der Waals surface area (Å²) < 4.78 is 14.8. The normalized spacial score (nSPS) is 19.9. The molecular formula is C13H19BrFN3. The molecule has 1 aromatic rings. The van der Waals surface area contributed by atoms with Crippen LogP contribution in [0.4, 0.5) is 10.1 Å². The van der Waals surface area contributed by atoms with Gasteiger partial charge in [0, 0.05) is 25.7 Å². The van der Waals surface area contributed by atoms with Crippen molar-refractivity contribution in [2.75, 3.05) is 32.1 Å². The fourth-order valence-corrected chi connectivity index (χ4v) is 2.86. The van der Waals surface area contributed by atoms with Crippen LogP contribution in [0, 0.1) is 5.82 Å². The Kier molecular flexibility index (Phi) is 4.25. The van der Waals surface area contributed by atoms with E-state index in [0.717, 1.165) is 25.1 Å². The van der Waals surface area contributed by atoms with Gasteiger partial charge in [0.1, 0.15) is 0 Å². The predicted octanol–water partition coefficient (Wildman–Crippen LogP) is 2.19. The van der Waals surface area contributed by atoms with Gasteiger partial charge in [0.05, 0.1) is 10.2 Å². The van der Waals surface area contributed by atoms with Crippen LogP contribution in [0.2, 0.25) is 0 Å². The monoisotopic (exact) mass is 315 g/mol. The predicted molar refractivity (Wildman–Crippen MR) is 76.3 cm³/mol. The number of halogens is 2. The molecule has 1 atom stereocenters. The first-order valence-electron chi connectivity index (χ1n) is 6.13. The van der Waals surface area contributed by atoms with E-state index in [0.29, 0.717) is 22.7 Å². The highest BCUT2D eigenvalue weighted by molar-refractivity contribution is 9.10. The molecule has 0 amide bonds. The Labute approximate surface area is 116 Å². The van der Waals surface area contributed by atoms with Crippen LogP contribution < -0.4 is 10.6 Å². The number of likely N-dealkylation sites (N-methyl/N-ethyl adjacent to an activating group) is 1. The summed E-state index contributed by atoms with van der Waals surface area (Å²) in [6, 6.07) is 4.23. The summed E-state index contributed by atoms with van der Waals surface area (Å²) in [5.74, 6) is -0.197. The Morgan fingerprint density at radius 1 is 1.50 bits per heavy atom. The second-order valence-corrected chi connectivity index (χ2v) is 5.72. The third-order valence-corrected chi connectivity index (χ3v) is 4.45. The van der Waals surface area contributed by atoms with Gasteiger partial charge in [-0.3, -0.25) is 0 Å². The summed E-state index contributed by atoms with van der Waals surface area (Å²) >= 11 is 3.29. The second kappa shape index (κ2) is 5.55. The van der Waals surface area contributed by atoms with Crippen molar-refractivity contribution in [2.45, 2.75) is 19.0 Å². The number of hydrogen-bond donors (Lipinski definition) is 1. The van der Waals surface area contributed by atoms with E-state index in [1.165, 1.54) is 0 Å². The SMILES string of the molecule is CN(C)C1CCN(c2ccc(CN)c(Br)c2F)C1. The minimum Gasteiger partial charge on any atom is -0.368 e. The molecule has 2 rings (SSSR count).